The predicted octanol–water partition coefficient (Wildman–Crippen LogP) is 3.73. The van der Waals surface area contributed by atoms with Gasteiger partial charge in [-0.3, -0.25) is 10.1 Å². The molecule has 0 amide bonds. The standard InChI is InChI=1S/C13H19FN2O3/c1-3-4-5-6-7-15-11-9-13(19-2)12(16(17)18)8-10(11)14/h8-9,15H,3-7H2,1-2H3. The van der Waals surface area contributed by atoms with Gasteiger partial charge in [-0.05, 0) is 6.42 Å². The summed E-state index contributed by atoms with van der Waals surface area (Å²) in [6.45, 7) is 2.76. The Balaban J connectivity index is 2.71. The maximum atomic E-state index is 13.7. The van der Waals surface area contributed by atoms with Crippen LogP contribution in [0, 0.1) is 15.9 Å². The molecule has 0 aromatic heterocycles. The van der Waals surface area contributed by atoms with Crippen molar-refractivity contribution in [2.45, 2.75) is 32.6 Å². The number of nitro groups is 1. The molecule has 0 aliphatic rings. The summed E-state index contributed by atoms with van der Waals surface area (Å²) in [6.07, 6.45) is 4.30. The van der Waals surface area contributed by atoms with E-state index in [1.54, 1.807) is 0 Å². The predicted molar refractivity (Wildman–Crippen MR) is 72.2 cm³/mol. The SMILES string of the molecule is CCCCCCNc1cc(OC)c([N+](=O)[O-])cc1F. The topological polar surface area (TPSA) is 64.4 Å². The molecular weight excluding hydrogens is 251 g/mol. The van der Waals surface area contributed by atoms with Crippen LogP contribution in [0.3, 0.4) is 0 Å². The smallest absolute Gasteiger partial charge is 0.313 e. The lowest BCUT2D eigenvalue weighted by Gasteiger charge is -2.09. The third kappa shape index (κ3) is 4.39. The van der Waals surface area contributed by atoms with Crippen LogP contribution in [0.4, 0.5) is 15.8 Å². The van der Waals surface area contributed by atoms with E-state index >= 15 is 0 Å². The van der Waals surface area contributed by atoms with Gasteiger partial charge in [-0.2, -0.15) is 0 Å². The van der Waals surface area contributed by atoms with Crippen LogP contribution >= 0.6 is 0 Å². The summed E-state index contributed by atoms with van der Waals surface area (Å²) < 4.78 is 18.6. The largest absolute Gasteiger partial charge is 0.490 e. The molecule has 0 unspecified atom stereocenters. The molecule has 0 radical (unpaired) electrons. The average Bonchev–Trinajstić information content (AvgIpc) is 2.39. The van der Waals surface area contributed by atoms with Gasteiger partial charge < -0.3 is 10.1 Å². The number of nitrogens with one attached hydrogen (secondary N) is 1. The molecule has 1 aromatic carbocycles. The average molecular weight is 270 g/mol. The molecule has 6 heteroatoms. The van der Waals surface area contributed by atoms with E-state index < -0.39 is 10.7 Å². The second-order valence-corrected chi connectivity index (χ2v) is 4.25. The van der Waals surface area contributed by atoms with Crippen LogP contribution in [0.2, 0.25) is 0 Å². The van der Waals surface area contributed by atoms with Crippen molar-refractivity contribution in [3.63, 3.8) is 0 Å². The molecule has 0 fully saturated rings. The highest BCUT2D eigenvalue weighted by molar-refractivity contribution is 5.59. The fraction of sp³-hybridized carbons (Fsp3) is 0.538. The van der Waals surface area contributed by atoms with Gasteiger partial charge in [-0.1, -0.05) is 26.2 Å². The number of benzene rings is 1. The molecule has 0 atom stereocenters. The monoisotopic (exact) mass is 270 g/mol. The van der Waals surface area contributed by atoms with Gasteiger partial charge in [0.2, 0.25) is 0 Å². The first-order chi connectivity index (χ1) is 9.10. The zero-order valence-corrected chi connectivity index (χ0v) is 11.2. The molecule has 0 bridgehead atoms. The lowest BCUT2D eigenvalue weighted by molar-refractivity contribution is -0.385. The van der Waals surface area contributed by atoms with E-state index in [4.69, 9.17) is 4.74 Å². The van der Waals surface area contributed by atoms with Crippen molar-refractivity contribution in [1.82, 2.24) is 0 Å². The van der Waals surface area contributed by atoms with Gasteiger partial charge in [0.25, 0.3) is 0 Å². The van der Waals surface area contributed by atoms with Crippen molar-refractivity contribution in [3.05, 3.63) is 28.1 Å². The van der Waals surface area contributed by atoms with Gasteiger partial charge in [0.1, 0.15) is 0 Å². The molecule has 1 N–H and O–H groups in total. The van der Waals surface area contributed by atoms with Crippen LogP contribution in [0.25, 0.3) is 0 Å². The van der Waals surface area contributed by atoms with E-state index in [-0.39, 0.29) is 17.1 Å². The zero-order valence-electron chi connectivity index (χ0n) is 11.2. The Bertz CT molecular complexity index is 438. The van der Waals surface area contributed by atoms with Crippen molar-refractivity contribution in [2.24, 2.45) is 0 Å². The lowest BCUT2D eigenvalue weighted by Crippen LogP contribution is -2.05. The van der Waals surface area contributed by atoms with Crippen LogP contribution in [0.1, 0.15) is 32.6 Å². The van der Waals surface area contributed by atoms with Gasteiger partial charge >= 0.3 is 5.69 Å². The molecule has 19 heavy (non-hydrogen) atoms. The number of hydrogen-bond donors (Lipinski definition) is 1. The number of ether oxygens (including phenoxy) is 1. The summed E-state index contributed by atoms with van der Waals surface area (Å²) in [4.78, 5) is 10.1. The minimum absolute atomic E-state index is 0.0578. The molecule has 0 spiro atoms. The summed E-state index contributed by atoms with van der Waals surface area (Å²) in [7, 11) is 1.32. The van der Waals surface area contributed by atoms with Crippen molar-refractivity contribution < 1.29 is 14.1 Å². The third-order valence-electron chi connectivity index (χ3n) is 2.81. The highest BCUT2D eigenvalue weighted by Crippen LogP contribution is 2.32. The van der Waals surface area contributed by atoms with Crippen molar-refractivity contribution in [3.8, 4) is 5.75 Å². The zero-order chi connectivity index (χ0) is 14.3. The molecule has 5 nitrogen and oxygen atoms in total. The quantitative estimate of drug-likeness (QED) is 0.444. The summed E-state index contributed by atoms with van der Waals surface area (Å²) >= 11 is 0. The van der Waals surface area contributed by atoms with Gasteiger partial charge in [0.15, 0.2) is 11.6 Å². The van der Waals surface area contributed by atoms with Gasteiger partial charge in [-0.15, -0.1) is 0 Å². The van der Waals surface area contributed by atoms with Gasteiger partial charge in [0.05, 0.1) is 23.8 Å². The van der Waals surface area contributed by atoms with Crippen LogP contribution < -0.4 is 10.1 Å². The van der Waals surface area contributed by atoms with E-state index in [2.05, 4.69) is 12.2 Å². The highest BCUT2D eigenvalue weighted by atomic mass is 19.1. The van der Waals surface area contributed by atoms with Crippen molar-refractivity contribution in [2.75, 3.05) is 19.0 Å². The minimum atomic E-state index is -0.660. The first-order valence-electron chi connectivity index (χ1n) is 6.36. The van der Waals surface area contributed by atoms with Crippen LogP contribution in [0.5, 0.6) is 5.75 Å². The Morgan fingerprint density at radius 1 is 1.37 bits per heavy atom. The minimum Gasteiger partial charge on any atom is -0.490 e. The molecule has 0 saturated carbocycles. The molecule has 0 saturated heterocycles. The second-order valence-electron chi connectivity index (χ2n) is 4.25. The maximum Gasteiger partial charge on any atom is 0.313 e. The summed E-state index contributed by atoms with van der Waals surface area (Å²) in [5.74, 6) is -0.578. The Labute approximate surface area is 111 Å². The van der Waals surface area contributed by atoms with Crippen LogP contribution in [-0.2, 0) is 0 Å². The van der Waals surface area contributed by atoms with Crippen LogP contribution in [0.15, 0.2) is 12.1 Å². The second kappa shape index (κ2) is 7.56. The molecule has 106 valence electrons. The Morgan fingerprint density at radius 3 is 2.68 bits per heavy atom. The number of unbranched alkanes of at least 4 members (excludes halogenated alkanes) is 3. The number of hydrogen-bond acceptors (Lipinski definition) is 4. The fourth-order valence-electron chi connectivity index (χ4n) is 1.76. The fourth-order valence-corrected chi connectivity index (χ4v) is 1.76. The van der Waals surface area contributed by atoms with E-state index in [1.807, 2.05) is 0 Å². The Hall–Kier alpha value is -1.85. The maximum absolute atomic E-state index is 13.7. The highest BCUT2D eigenvalue weighted by Gasteiger charge is 2.18. The molecular formula is C13H19FN2O3. The molecule has 1 rings (SSSR count). The number of anilines is 1. The van der Waals surface area contributed by atoms with E-state index in [1.165, 1.54) is 13.2 Å². The van der Waals surface area contributed by atoms with E-state index in [0.717, 1.165) is 31.7 Å². The first-order valence-corrected chi connectivity index (χ1v) is 6.36. The number of rotatable bonds is 8. The molecule has 1 aromatic rings. The Morgan fingerprint density at radius 2 is 2.11 bits per heavy atom. The van der Waals surface area contributed by atoms with E-state index in [9.17, 15) is 14.5 Å². The van der Waals surface area contributed by atoms with E-state index in [0.29, 0.717) is 6.54 Å². The Kier molecular flexibility index (Phi) is 6.05. The summed E-state index contributed by atoms with van der Waals surface area (Å²) in [5, 5.41) is 13.7. The molecule has 0 heterocycles. The normalized spacial score (nSPS) is 10.3. The van der Waals surface area contributed by atoms with Crippen LogP contribution in [-0.4, -0.2) is 18.6 Å². The third-order valence-corrected chi connectivity index (χ3v) is 2.81. The summed E-state index contributed by atoms with van der Waals surface area (Å²) in [5.41, 5.74) is -0.129. The van der Waals surface area contributed by atoms with Crippen molar-refractivity contribution >= 4 is 11.4 Å². The molecule has 0 aliphatic carbocycles. The lowest BCUT2D eigenvalue weighted by atomic mass is 10.2. The number of nitrogens with zero attached hydrogens (tertiary/aromatic N) is 1. The first kappa shape index (κ1) is 15.2. The van der Waals surface area contributed by atoms with Crippen molar-refractivity contribution in [1.29, 1.82) is 0 Å². The van der Waals surface area contributed by atoms with Gasteiger partial charge in [-0.25, -0.2) is 4.39 Å². The summed E-state index contributed by atoms with van der Waals surface area (Å²) in [6, 6.07) is 2.21. The number of halogens is 1. The van der Waals surface area contributed by atoms with Gasteiger partial charge in [0, 0.05) is 12.6 Å². The molecule has 0 aliphatic heterocycles. The number of nitro benzene ring substituents is 1. The number of methoxy groups -OCH3 is 1.